The lowest BCUT2D eigenvalue weighted by Crippen LogP contribution is -2.13. The van der Waals surface area contributed by atoms with Gasteiger partial charge < -0.3 is 9.84 Å². The Morgan fingerprint density at radius 2 is 2.00 bits per heavy atom. The number of ether oxygens (including phenoxy) is 1. The molecular formula is C11H20O4. The summed E-state index contributed by atoms with van der Waals surface area (Å²) in [7, 11) is 0. The van der Waals surface area contributed by atoms with Crippen molar-refractivity contribution in [1.29, 1.82) is 0 Å². The average Bonchev–Trinajstić information content (AvgIpc) is 2.20. The van der Waals surface area contributed by atoms with Gasteiger partial charge in [0.2, 0.25) is 0 Å². The van der Waals surface area contributed by atoms with Crippen molar-refractivity contribution in [2.45, 2.75) is 46.0 Å². The summed E-state index contributed by atoms with van der Waals surface area (Å²) in [5.74, 6) is -1.33. The lowest BCUT2D eigenvalue weighted by molar-refractivity contribution is -0.145. The zero-order valence-corrected chi connectivity index (χ0v) is 9.49. The molecule has 1 atom stereocenters. The number of esters is 1. The Labute approximate surface area is 90.6 Å². The Bertz CT molecular complexity index is 201. The normalized spacial score (nSPS) is 12.1. The van der Waals surface area contributed by atoms with Crippen molar-refractivity contribution < 1.29 is 19.4 Å². The van der Waals surface area contributed by atoms with Crippen LogP contribution in [0.1, 0.15) is 46.0 Å². The fourth-order valence-electron chi connectivity index (χ4n) is 1.28. The number of carboxylic acid groups (broad SMARTS) is 1. The summed E-state index contributed by atoms with van der Waals surface area (Å²) in [4.78, 5) is 21.7. The van der Waals surface area contributed by atoms with Crippen LogP contribution in [0.3, 0.4) is 0 Å². The molecule has 0 saturated carbocycles. The average molecular weight is 216 g/mol. The van der Waals surface area contributed by atoms with Crippen molar-refractivity contribution in [1.82, 2.24) is 0 Å². The van der Waals surface area contributed by atoms with Crippen LogP contribution in [0.2, 0.25) is 0 Å². The molecule has 0 aromatic carbocycles. The van der Waals surface area contributed by atoms with E-state index in [2.05, 4.69) is 0 Å². The molecular weight excluding hydrogens is 196 g/mol. The molecule has 88 valence electrons. The highest BCUT2D eigenvalue weighted by Crippen LogP contribution is 2.12. The Kier molecular flexibility index (Phi) is 7.68. The van der Waals surface area contributed by atoms with Crippen LogP contribution in [-0.2, 0) is 14.3 Å². The lowest BCUT2D eigenvalue weighted by atomic mass is 10.00. The topological polar surface area (TPSA) is 63.6 Å². The van der Waals surface area contributed by atoms with Gasteiger partial charge >= 0.3 is 11.9 Å². The Hall–Kier alpha value is -1.06. The van der Waals surface area contributed by atoms with Gasteiger partial charge in [0, 0.05) is 6.42 Å². The summed E-state index contributed by atoms with van der Waals surface area (Å²) >= 11 is 0. The molecule has 0 rings (SSSR count). The highest BCUT2D eigenvalue weighted by Gasteiger charge is 2.15. The molecule has 0 aliphatic rings. The molecule has 1 unspecified atom stereocenters. The summed E-state index contributed by atoms with van der Waals surface area (Å²) in [6.07, 6.45) is 2.89. The van der Waals surface area contributed by atoms with E-state index in [1.165, 1.54) is 0 Å². The minimum atomic E-state index is -0.778. The van der Waals surface area contributed by atoms with Crippen LogP contribution < -0.4 is 0 Å². The monoisotopic (exact) mass is 216 g/mol. The first kappa shape index (κ1) is 13.9. The van der Waals surface area contributed by atoms with Crippen molar-refractivity contribution in [2.75, 3.05) is 6.61 Å². The molecule has 1 N–H and O–H groups in total. The van der Waals surface area contributed by atoms with E-state index in [9.17, 15) is 9.59 Å². The van der Waals surface area contributed by atoms with Crippen LogP contribution in [0.5, 0.6) is 0 Å². The molecule has 4 nitrogen and oxygen atoms in total. The molecule has 15 heavy (non-hydrogen) atoms. The van der Waals surface area contributed by atoms with E-state index in [1.54, 1.807) is 0 Å². The van der Waals surface area contributed by atoms with Crippen molar-refractivity contribution in [2.24, 2.45) is 5.92 Å². The quantitative estimate of drug-likeness (QED) is 0.632. The van der Waals surface area contributed by atoms with Crippen LogP contribution in [-0.4, -0.2) is 23.7 Å². The van der Waals surface area contributed by atoms with Crippen molar-refractivity contribution in [3.05, 3.63) is 0 Å². The van der Waals surface area contributed by atoms with Crippen molar-refractivity contribution in [3.63, 3.8) is 0 Å². The van der Waals surface area contributed by atoms with E-state index in [0.29, 0.717) is 32.3 Å². The summed E-state index contributed by atoms with van der Waals surface area (Å²) in [6, 6.07) is 0. The van der Waals surface area contributed by atoms with Crippen molar-refractivity contribution in [3.8, 4) is 0 Å². The van der Waals surface area contributed by atoms with Crippen LogP contribution in [0, 0.1) is 5.92 Å². The van der Waals surface area contributed by atoms with Crippen LogP contribution in [0.25, 0.3) is 0 Å². The zero-order chi connectivity index (χ0) is 11.7. The molecule has 0 heterocycles. The number of hydrogen-bond donors (Lipinski definition) is 1. The standard InChI is InChI=1S/C11H20O4/c1-3-8-15-10(12)7-5-6-9(4-2)11(13)14/h9H,3-8H2,1-2H3,(H,13,14). The molecule has 4 heteroatoms. The molecule has 0 aromatic rings. The Balaban J connectivity index is 3.59. The van der Waals surface area contributed by atoms with Gasteiger partial charge in [0.1, 0.15) is 0 Å². The Morgan fingerprint density at radius 3 is 2.47 bits per heavy atom. The predicted octanol–water partition coefficient (Wildman–Crippen LogP) is 2.22. The zero-order valence-electron chi connectivity index (χ0n) is 9.49. The Morgan fingerprint density at radius 1 is 1.33 bits per heavy atom. The number of carbonyl (C=O) groups is 2. The maximum absolute atomic E-state index is 11.1. The van der Waals surface area contributed by atoms with Gasteiger partial charge in [-0.05, 0) is 25.7 Å². The van der Waals surface area contributed by atoms with E-state index in [1.807, 2.05) is 13.8 Å². The summed E-state index contributed by atoms with van der Waals surface area (Å²) < 4.78 is 4.88. The fourth-order valence-corrected chi connectivity index (χ4v) is 1.28. The van der Waals surface area contributed by atoms with E-state index in [0.717, 1.165) is 6.42 Å². The maximum atomic E-state index is 11.1. The molecule has 0 spiro atoms. The van der Waals surface area contributed by atoms with Crippen molar-refractivity contribution >= 4 is 11.9 Å². The fraction of sp³-hybridized carbons (Fsp3) is 0.818. The first-order valence-corrected chi connectivity index (χ1v) is 5.50. The minimum absolute atomic E-state index is 0.225. The first-order valence-electron chi connectivity index (χ1n) is 5.50. The molecule has 0 radical (unpaired) electrons. The van der Waals surface area contributed by atoms with Gasteiger partial charge in [-0.1, -0.05) is 13.8 Å². The third-order valence-electron chi connectivity index (χ3n) is 2.24. The molecule has 0 aromatic heterocycles. The van der Waals surface area contributed by atoms with E-state index >= 15 is 0 Å². The maximum Gasteiger partial charge on any atom is 0.306 e. The van der Waals surface area contributed by atoms with Gasteiger partial charge in [-0.2, -0.15) is 0 Å². The SMILES string of the molecule is CCCOC(=O)CCCC(CC)C(=O)O. The highest BCUT2D eigenvalue weighted by atomic mass is 16.5. The smallest absolute Gasteiger partial charge is 0.306 e. The van der Waals surface area contributed by atoms with Gasteiger partial charge in [-0.3, -0.25) is 9.59 Å². The molecule has 0 amide bonds. The number of rotatable bonds is 8. The van der Waals surface area contributed by atoms with Gasteiger partial charge in [-0.25, -0.2) is 0 Å². The number of aliphatic carboxylic acids is 1. The van der Waals surface area contributed by atoms with Gasteiger partial charge in [-0.15, -0.1) is 0 Å². The second-order valence-electron chi connectivity index (χ2n) is 3.56. The van der Waals surface area contributed by atoms with E-state index < -0.39 is 5.97 Å². The number of carboxylic acids is 1. The third-order valence-corrected chi connectivity index (χ3v) is 2.24. The van der Waals surface area contributed by atoms with Crippen LogP contribution in [0.4, 0.5) is 0 Å². The second-order valence-corrected chi connectivity index (χ2v) is 3.56. The molecule has 0 bridgehead atoms. The molecule has 0 aliphatic heterocycles. The lowest BCUT2D eigenvalue weighted by Gasteiger charge is -2.08. The molecule has 0 saturated heterocycles. The third kappa shape index (κ3) is 6.94. The number of hydrogen-bond acceptors (Lipinski definition) is 3. The second kappa shape index (κ2) is 8.26. The molecule has 0 fully saturated rings. The largest absolute Gasteiger partial charge is 0.481 e. The van der Waals surface area contributed by atoms with E-state index in [-0.39, 0.29) is 11.9 Å². The number of carbonyl (C=O) groups excluding carboxylic acids is 1. The van der Waals surface area contributed by atoms with Crippen LogP contribution >= 0.6 is 0 Å². The minimum Gasteiger partial charge on any atom is -0.481 e. The van der Waals surface area contributed by atoms with E-state index in [4.69, 9.17) is 9.84 Å². The van der Waals surface area contributed by atoms with Crippen LogP contribution in [0.15, 0.2) is 0 Å². The molecule has 0 aliphatic carbocycles. The summed E-state index contributed by atoms with van der Waals surface area (Å²) in [5.41, 5.74) is 0. The van der Waals surface area contributed by atoms with Gasteiger partial charge in [0.15, 0.2) is 0 Å². The summed E-state index contributed by atoms with van der Waals surface area (Å²) in [5, 5.41) is 8.76. The highest BCUT2D eigenvalue weighted by molar-refractivity contribution is 5.71. The van der Waals surface area contributed by atoms with Gasteiger partial charge in [0.25, 0.3) is 0 Å². The van der Waals surface area contributed by atoms with Gasteiger partial charge in [0.05, 0.1) is 12.5 Å². The summed E-state index contributed by atoms with van der Waals surface area (Å²) in [6.45, 7) is 4.23. The first-order chi connectivity index (χ1) is 7.11. The predicted molar refractivity (Wildman–Crippen MR) is 56.5 cm³/mol.